The quantitative estimate of drug-likeness (QED) is 0.792. The first-order chi connectivity index (χ1) is 8.59. The van der Waals surface area contributed by atoms with Gasteiger partial charge in [-0.25, -0.2) is 9.59 Å². The van der Waals surface area contributed by atoms with E-state index in [0.29, 0.717) is 5.39 Å². The van der Waals surface area contributed by atoms with Crippen LogP contribution in [0.2, 0.25) is 0 Å². The van der Waals surface area contributed by atoms with Crippen molar-refractivity contribution in [2.45, 2.75) is 0 Å². The largest absolute Gasteiger partial charge is 0.478 e. The summed E-state index contributed by atoms with van der Waals surface area (Å²) in [7, 11) is 0. The lowest BCUT2D eigenvalue weighted by atomic mass is 10.0. The molecule has 0 aliphatic heterocycles. The van der Waals surface area contributed by atoms with Crippen LogP contribution in [0.15, 0.2) is 46.6 Å². The van der Waals surface area contributed by atoms with Crippen LogP contribution < -0.4 is 5.73 Å². The maximum Gasteiger partial charge on any atom is 0.356 e. The molecule has 0 saturated heterocycles. The summed E-state index contributed by atoms with van der Waals surface area (Å²) in [6, 6.07) is 9.19. The molecule has 0 unspecified atom stereocenters. The van der Waals surface area contributed by atoms with Crippen LogP contribution in [-0.4, -0.2) is 17.1 Å². The first-order valence-electron chi connectivity index (χ1n) is 5.06. The number of rotatable bonds is 2. The number of benzene rings is 2. The Balaban J connectivity index is 2.74. The number of amides is 2. The highest BCUT2D eigenvalue weighted by Gasteiger charge is 2.13. The standard InChI is InChI=1S/C12H9N3O3/c13-12(18)15-14-10-8-4-2-1-3-7(8)5-6-9(10)11(16)17/h1-6H,(H2,13,18)(H,16,17). The zero-order valence-electron chi connectivity index (χ0n) is 9.20. The molecule has 0 aromatic heterocycles. The van der Waals surface area contributed by atoms with Gasteiger partial charge in [0.2, 0.25) is 0 Å². The minimum Gasteiger partial charge on any atom is -0.478 e. The van der Waals surface area contributed by atoms with Gasteiger partial charge in [0, 0.05) is 5.39 Å². The second kappa shape index (κ2) is 4.62. The van der Waals surface area contributed by atoms with Crippen LogP contribution in [0.4, 0.5) is 10.5 Å². The Morgan fingerprint density at radius 1 is 1.11 bits per heavy atom. The first kappa shape index (κ1) is 11.7. The number of carbonyl (C=O) groups is 2. The van der Waals surface area contributed by atoms with Gasteiger partial charge < -0.3 is 10.8 Å². The predicted octanol–water partition coefficient (Wildman–Crippen LogP) is 2.70. The summed E-state index contributed by atoms with van der Waals surface area (Å²) >= 11 is 0. The normalized spacial score (nSPS) is 10.9. The molecule has 0 aliphatic carbocycles. The number of aromatic carboxylic acids is 1. The highest BCUT2D eigenvalue weighted by molar-refractivity contribution is 6.04. The molecule has 0 atom stereocenters. The Kier molecular flexibility index (Phi) is 3.01. The van der Waals surface area contributed by atoms with Crippen molar-refractivity contribution in [2.75, 3.05) is 0 Å². The SMILES string of the molecule is NC(=O)N=Nc1c(C(=O)O)ccc2ccccc12. The van der Waals surface area contributed by atoms with Gasteiger partial charge >= 0.3 is 12.0 Å². The lowest BCUT2D eigenvalue weighted by Crippen LogP contribution is -2.02. The Morgan fingerprint density at radius 2 is 1.83 bits per heavy atom. The van der Waals surface area contributed by atoms with E-state index in [1.54, 1.807) is 18.2 Å². The summed E-state index contributed by atoms with van der Waals surface area (Å²) in [5.74, 6) is -1.14. The van der Waals surface area contributed by atoms with Gasteiger partial charge in [0.15, 0.2) is 0 Å². The molecule has 18 heavy (non-hydrogen) atoms. The van der Waals surface area contributed by atoms with Gasteiger partial charge in [-0.1, -0.05) is 35.4 Å². The van der Waals surface area contributed by atoms with Crippen LogP contribution >= 0.6 is 0 Å². The number of carbonyl (C=O) groups excluding carboxylic acids is 1. The van der Waals surface area contributed by atoms with Crippen LogP contribution in [0.1, 0.15) is 10.4 Å². The molecule has 0 aliphatic rings. The summed E-state index contributed by atoms with van der Waals surface area (Å²) in [6.07, 6.45) is 0. The molecule has 6 nitrogen and oxygen atoms in total. The average Bonchev–Trinajstić information content (AvgIpc) is 2.35. The molecule has 0 spiro atoms. The molecule has 2 aromatic rings. The highest BCUT2D eigenvalue weighted by Crippen LogP contribution is 2.30. The molecule has 0 saturated carbocycles. The van der Waals surface area contributed by atoms with Crippen LogP contribution in [0.3, 0.4) is 0 Å². The molecule has 2 amide bonds. The van der Waals surface area contributed by atoms with Crippen LogP contribution in [0, 0.1) is 0 Å². The topological polar surface area (TPSA) is 105 Å². The Morgan fingerprint density at radius 3 is 2.50 bits per heavy atom. The van der Waals surface area contributed by atoms with Crippen LogP contribution in [-0.2, 0) is 0 Å². The molecular weight excluding hydrogens is 234 g/mol. The fourth-order valence-corrected chi connectivity index (χ4v) is 1.63. The molecule has 2 aromatic carbocycles. The summed E-state index contributed by atoms with van der Waals surface area (Å²) in [5.41, 5.74) is 4.96. The second-order valence-electron chi connectivity index (χ2n) is 3.53. The molecule has 0 fully saturated rings. The van der Waals surface area contributed by atoms with Crippen molar-refractivity contribution in [3.8, 4) is 0 Å². The third kappa shape index (κ3) is 2.17. The third-order valence-corrected chi connectivity index (χ3v) is 2.38. The van der Waals surface area contributed by atoms with Crippen molar-refractivity contribution in [1.82, 2.24) is 0 Å². The number of nitrogens with two attached hydrogens (primary N) is 1. The molecular formula is C12H9N3O3. The van der Waals surface area contributed by atoms with E-state index in [-0.39, 0.29) is 11.3 Å². The number of azo groups is 1. The lowest BCUT2D eigenvalue weighted by molar-refractivity contribution is 0.0698. The maximum absolute atomic E-state index is 11.1. The number of carboxylic acid groups (broad SMARTS) is 1. The maximum atomic E-state index is 11.1. The number of carboxylic acids is 1. The monoisotopic (exact) mass is 243 g/mol. The second-order valence-corrected chi connectivity index (χ2v) is 3.53. The van der Waals surface area contributed by atoms with E-state index in [1.165, 1.54) is 6.07 Å². The van der Waals surface area contributed by atoms with Crippen molar-refractivity contribution < 1.29 is 14.7 Å². The lowest BCUT2D eigenvalue weighted by Gasteiger charge is -2.04. The van der Waals surface area contributed by atoms with E-state index in [4.69, 9.17) is 10.8 Å². The summed E-state index contributed by atoms with van der Waals surface area (Å²) in [5, 5.41) is 17.3. The molecule has 2 rings (SSSR count). The summed E-state index contributed by atoms with van der Waals surface area (Å²) < 4.78 is 0. The van der Waals surface area contributed by atoms with E-state index in [0.717, 1.165) is 5.39 Å². The van der Waals surface area contributed by atoms with E-state index in [2.05, 4.69) is 10.2 Å². The minimum absolute atomic E-state index is 0.0290. The Labute approximate surface area is 102 Å². The molecule has 6 heteroatoms. The van der Waals surface area contributed by atoms with Gasteiger partial charge in [0.25, 0.3) is 0 Å². The van der Waals surface area contributed by atoms with Crippen molar-refractivity contribution in [2.24, 2.45) is 16.0 Å². The third-order valence-electron chi connectivity index (χ3n) is 2.38. The van der Waals surface area contributed by atoms with Gasteiger partial charge in [-0.2, -0.15) is 0 Å². The van der Waals surface area contributed by atoms with E-state index >= 15 is 0 Å². The van der Waals surface area contributed by atoms with Gasteiger partial charge in [0.1, 0.15) is 5.69 Å². The number of nitrogens with zero attached hydrogens (tertiary/aromatic N) is 2. The van der Waals surface area contributed by atoms with Gasteiger partial charge in [-0.05, 0) is 11.5 Å². The van der Waals surface area contributed by atoms with Crippen molar-refractivity contribution >= 4 is 28.5 Å². The molecule has 0 radical (unpaired) electrons. The Hall–Kier alpha value is -2.76. The van der Waals surface area contributed by atoms with Gasteiger partial charge in [-0.3, -0.25) is 0 Å². The van der Waals surface area contributed by atoms with Crippen molar-refractivity contribution in [3.05, 3.63) is 42.0 Å². The fraction of sp³-hybridized carbons (Fsp3) is 0. The van der Waals surface area contributed by atoms with Gasteiger partial charge in [-0.15, -0.1) is 5.11 Å². The number of urea groups is 1. The van der Waals surface area contributed by atoms with E-state index in [9.17, 15) is 9.59 Å². The molecule has 0 bridgehead atoms. The number of hydrogen-bond acceptors (Lipinski definition) is 3. The molecule has 90 valence electrons. The zero-order valence-corrected chi connectivity index (χ0v) is 9.20. The van der Waals surface area contributed by atoms with Gasteiger partial charge in [0.05, 0.1) is 5.56 Å². The summed E-state index contributed by atoms with van der Waals surface area (Å²) in [4.78, 5) is 21.7. The summed E-state index contributed by atoms with van der Waals surface area (Å²) in [6.45, 7) is 0. The number of fused-ring (bicyclic) bond motifs is 1. The first-order valence-corrected chi connectivity index (χ1v) is 5.06. The van der Waals surface area contributed by atoms with Crippen molar-refractivity contribution in [3.63, 3.8) is 0 Å². The van der Waals surface area contributed by atoms with E-state index < -0.39 is 12.0 Å². The number of hydrogen-bond donors (Lipinski definition) is 2. The van der Waals surface area contributed by atoms with E-state index in [1.807, 2.05) is 12.1 Å². The van der Waals surface area contributed by atoms with Crippen molar-refractivity contribution in [1.29, 1.82) is 0 Å². The smallest absolute Gasteiger partial charge is 0.356 e. The van der Waals surface area contributed by atoms with Crippen LogP contribution in [0.25, 0.3) is 10.8 Å². The highest BCUT2D eigenvalue weighted by atomic mass is 16.4. The zero-order chi connectivity index (χ0) is 13.1. The molecule has 0 heterocycles. The fourth-order valence-electron chi connectivity index (χ4n) is 1.63. The number of primary amides is 1. The van der Waals surface area contributed by atoms with Crippen LogP contribution in [0.5, 0.6) is 0 Å². The molecule has 3 N–H and O–H groups in total. The predicted molar refractivity (Wildman–Crippen MR) is 65.0 cm³/mol. The average molecular weight is 243 g/mol. The Bertz CT molecular complexity index is 665. The minimum atomic E-state index is -1.14.